The molecule has 0 unspecified atom stereocenters. The number of hydrogen-bond donors (Lipinski definition) is 4. The van der Waals surface area contributed by atoms with E-state index < -0.39 is 23.4 Å². The van der Waals surface area contributed by atoms with Crippen molar-refractivity contribution in [3.63, 3.8) is 0 Å². The van der Waals surface area contributed by atoms with Crippen molar-refractivity contribution in [1.82, 2.24) is 0 Å². The Balaban J connectivity index is 1.91. The number of hydrogen-bond acceptors (Lipinski definition) is 5. The summed E-state index contributed by atoms with van der Waals surface area (Å²) in [4.78, 5) is 22.5. The lowest BCUT2D eigenvalue weighted by atomic mass is 10.1. The van der Waals surface area contributed by atoms with Crippen LogP contribution in [0.4, 0.5) is 5.69 Å². The number of aromatic hydroxyl groups is 2. The number of carboxylic acid groups (broad SMARTS) is 1. The monoisotopic (exact) mass is 317 g/mol. The molecule has 0 saturated carbocycles. The van der Waals surface area contributed by atoms with Crippen LogP contribution in [0.15, 0.2) is 42.5 Å². The summed E-state index contributed by atoms with van der Waals surface area (Å²) in [5.41, 5.74) is 0.394. The fourth-order valence-corrected chi connectivity index (χ4v) is 1.88. The third kappa shape index (κ3) is 4.45. The molecule has 2 aromatic carbocycles. The summed E-state index contributed by atoms with van der Waals surface area (Å²) in [5, 5.41) is 30.9. The molecule has 2 rings (SSSR count). The van der Waals surface area contributed by atoms with Gasteiger partial charge >= 0.3 is 5.97 Å². The molecule has 23 heavy (non-hydrogen) atoms. The van der Waals surface area contributed by atoms with E-state index in [4.69, 9.17) is 9.84 Å². The van der Waals surface area contributed by atoms with Crippen molar-refractivity contribution in [1.29, 1.82) is 0 Å². The first-order chi connectivity index (χ1) is 11.0. The van der Waals surface area contributed by atoms with Crippen molar-refractivity contribution < 1.29 is 29.6 Å². The largest absolute Gasteiger partial charge is 0.507 e. The molecule has 0 atom stereocenters. The van der Waals surface area contributed by atoms with Crippen LogP contribution in [0, 0.1) is 0 Å². The van der Waals surface area contributed by atoms with E-state index in [9.17, 15) is 19.8 Å². The second-order valence-corrected chi connectivity index (χ2v) is 4.71. The van der Waals surface area contributed by atoms with Crippen molar-refractivity contribution >= 4 is 17.6 Å². The summed E-state index contributed by atoms with van der Waals surface area (Å²) in [6, 6.07) is 10.8. The van der Waals surface area contributed by atoms with Crippen LogP contribution in [0.2, 0.25) is 0 Å². The standard InChI is InChI=1S/C16H15NO6/c18-13-6-10(16(21)22)7-14(19)12(13)8-23-9-15(20)17-11-4-2-1-3-5-11/h1-7,18-19H,8-9H2,(H,17,20)(H,21,22). The van der Waals surface area contributed by atoms with Gasteiger partial charge in [0.2, 0.25) is 5.91 Å². The number of nitrogens with one attached hydrogen (secondary N) is 1. The van der Waals surface area contributed by atoms with Gasteiger partial charge in [-0.1, -0.05) is 18.2 Å². The molecule has 0 spiro atoms. The Hall–Kier alpha value is -3.06. The Morgan fingerprint density at radius 2 is 1.65 bits per heavy atom. The normalized spacial score (nSPS) is 10.3. The fraction of sp³-hybridized carbons (Fsp3) is 0.125. The molecular weight excluding hydrogens is 302 g/mol. The van der Waals surface area contributed by atoms with Gasteiger partial charge < -0.3 is 25.4 Å². The fourth-order valence-electron chi connectivity index (χ4n) is 1.88. The molecular formula is C16H15NO6. The number of benzene rings is 2. The Morgan fingerprint density at radius 3 is 2.22 bits per heavy atom. The summed E-state index contributed by atoms with van der Waals surface area (Å²) in [5.74, 6) is -2.49. The molecule has 0 heterocycles. The van der Waals surface area contributed by atoms with Gasteiger partial charge in [-0.25, -0.2) is 4.79 Å². The van der Waals surface area contributed by atoms with Crippen molar-refractivity contribution in [3.05, 3.63) is 53.6 Å². The summed E-state index contributed by atoms with van der Waals surface area (Å²) >= 11 is 0. The molecule has 0 saturated heterocycles. The van der Waals surface area contributed by atoms with E-state index in [0.717, 1.165) is 12.1 Å². The first kappa shape index (κ1) is 16.3. The number of aromatic carboxylic acids is 1. The number of phenolic OH excluding ortho intramolecular Hbond substituents is 2. The predicted molar refractivity (Wildman–Crippen MR) is 81.5 cm³/mol. The average molecular weight is 317 g/mol. The number of carbonyl (C=O) groups is 2. The minimum atomic E-state index is -1.27. The van der Waals surface area contributed by atoms with E-state index in [-0.39, 0.29) is 24.3 Å². The average Bonchev–Trinajstić information content (AvgIpc) is 2.50. The molecule has 0 aromatic heterocycles. The summed E-state index contributed by atoms with van der Waals surface area (Å²) in [6.07, 6.45) is 0. The molecule has 4 N–H and O–H groups in total. The number of carboxylic acids is 1. The SMILES string of the molecule is O=C(COCc1c(O)cc(C(=O)O)cc1O)Nc1ccccc1. The van der Waals surface area contributed by atoms with Gasteiger partial charge in [0.1, 0.15) is 18.1 Å². The quantitative estimate of drug-likeness (QED) is 0.647. The van der Waals surface area contributed by atoms with Crippen LogP contribution in [0.5, 0.6) is 11.5 Å². The van der Waals surface area contributed by atoms with Crippen LogP contribution < -0.4 is 5.32 Å². The topological polar surface area (TPSA) is 116 Å². The van der Waals surface area contributed by atoms with Gasteiger partial charge in [0.25, 0.3) is 0 Å². The maximum atomic E-state index is 11.7. The minimum absolute atomic E-state index is 0.0162. The van der Waals surface area contributed by atoms with Crippen LogP contribution in [0.3, 0.4) is 0 Å². The van der Waals surface area contributed by atoms with E-state index in [1.54, 1.807) is 24.3 Å². The van der Waals surface area contributed by atoms with E-state index in [2.05, 4.69) is 5.32 Å². The molecule has 7 nitrogen and oxygen atoms in total. The smallest absolute Gasteiger partial charge is 0.335 e. The molecule has 0 aliphatic rings. The zero-order chi connectivity index (χ0) is 16.8. The molecule has 120 valence electrons. The number of amides is 1. The molecule has 7 heteroatoms. The number of ether oxygens (including phenoxy) is 1. The predicted octanol–water partition coefficient (Wildman–Crippen LogP) is 1.95. The third-order valence-electron chi connectivity index (χ3n) is 2.99. The first-order valence-electron chi connectivity index (χ1n) is 6.68. The zero-order valence-corrected chi connectivity index (χ0v) is 12.0. The molecule has 0 bridgehead atoms. The number of phenols is 2. The van der Waals surface area contributed by atoms with Crippen LogP contribution in [-0.4, -0.2) is 33.8 Å². The molecule has 0 aliphatic heterocycles. The zero-order valence-electron chi connectivity index (χ0n) is 12.0. The van der Waals surface area contributed by atoms with Crippen molar-refractivity contribution in [2.24, 2.45) is 0 Å². The highest BCUT2D eigenvalue weighted by atomic mass is 16.5. The van der Waals surface area contributed by atoms with E-state index in [1.807, 2.05) is 6.07 Å². The summed E-state index contributed by atoms with van der Waals surface area (Å²) < 4.78 is 5.14. The minimum Gasteiger partial charge on any atom is -0.507 e. The van der Waals surface area contributed by atoms with E-state index >= 15 is 0 Å². The van der Waals surface area contributed by atoms with Crippen LogP contribution >= 0.6 is 0 Å². The van der Waals surface area contributed by atoms with Crippen LogP contribution in [0.1, 0.15) is 15.9 Å². The van der Waals surface area contributed by atoms with E-state index in [0.29, 0.717) is 5.69 Å². The highest BCUT2D eigenvalue weighted by molar-refractivity contribution is 5.91. The molecule has 0 aliphatic carbocycles. The Labute approximate surface area is 131 Å². The van der Waals surface area contributed by atoms with Crippen LogP contribution in [-0.2, 0) is 16.1 Å². The second kappa shape index (κ2) is 7.28. The third-order valence-corrected chi connectivity index (χ3v) is 2.99. The van der Waals surface area contributed by atoms with Gasteiger partial charge in [-0.05, 0) is 24.3 Å². The van der Waals surface area contributed by atoms with Gasteiger partial charge in [-0.3, -0.25) is 4.79 Å². The maximum Gasteiger partial charge on any atom is 0.335 e. The number of para-hydroxylation sites is 1. The number of rotatable bonds is 6. The highest BCUT2D eigenvalue weighted by Gasteiger charge is 2.14. The van der Waals surface area contributed by atoms with Crippen molar-refractivity contribution in [2.45, 2.75) is 6.61 Å². The summed E-state index contributed by atoms with van der Waals surface area (Å²) in [6.45, 7) is -0.520. The second-order valence-electron chi connectivity index (χ2n) is 4.71. The molecule has 0 radical (unpaired) electrons. The first-order valence-corrected chi connectivity index (χ1v) is 6.68. The van der Waals surface area contributed by atoms with E-state index in [1.165, 1.54) is 0 Å². The lowest BCUT2D eigenvalue weighted by molar-refractivity contribution is -0.121. The molecule has 1 amide bonds. The van der Waals surface area contributed by atoms with Gasteiger partial charge in [0, 0.05) is 5.69 Å². The van der Waals surface area contributed by atoms with Gasteiger partial charge in [0.05, 0.1) is 17.7 Å². The van der Waals surface area contributed by atoms with Gasteiger partial charge in [-0.2, -0.15) is 0 Å². The van der Waals surface area contributed by atoms with Crippen molar-refractivity contribution in [2.75, 3.05) is 11.9 Å². The highest BCUT2D eigenvalue weighted by Crippen LogP contribution is 2.29. The lowest BCUT2D eigenvalue weighted by Crippen LogP contribution is -2.18. The van der Waals surface area contributed by atoms with Gasteiger partial charge in [0.15, 0.2) is 0 Å². The van der Waals surface area contributed by atoms with Gasteiger partial charge in [-0.15, -0.1) is 0 Å². The molecule has 0 fully saturated rings. The lowest BCUT2D eigenvalue weighted by Gasteiger charge is -2.10. The van der Waals surface area contributed by atoms with Crippen molar-refractivity contribution in [3.8, 4) is 11.5 Å². The van der Waals surface area contributed by atoms with Crippen LogP contribution in [0.25, 0.3) is 0 Å². The summed E-state index contributed by atoms with van der Waals surface area (Å²) in [7, 11) is 0. The Morgan fingerprint density at radius 1 is 1.04 bits per heavy atom. The molecule has 2 aromatic rings. The Bertz CT molecular complexity index is 691. The number of carbonyl (C=O) groups excluding carboxylic acids is 1. The Kier molecular flexibility index (Phi) is 5.16. The number of anilines is 1. The maximum absolute atomic E-state index is 11.7.